The van der Waals surface area contributed by atoms with Gasteiger partial charge < -0.3 is 9.80 Å². The maximum absolute atomic E-state index is 2.44. The Kier molecular flexibility index (Phi) is 8.76. The number of nitrogens with zero attached hydrogens (tertiary/aromatic N) is 2. The largest absolute Gasteiger partial charge is 0.311 e. The summed E-state index contributed by atoms with van der Waals surface area (Å²) in [5.41, 5.74) is 21.1. The molecule has 0 atom stereocenters. The highest BCUT2D eigenvalue weighted by molar-refractivity contribution is 5.88. The topological polar surface area (TPSA) is 6.48 Å². The first kappa shape index (κ1) is 36.4. The van der Waals surface area contributed by atoms with Gasteiger partial charge in [-0.05, 0) is 135 Å². The van der Waals surface area contributed by atoms with Crippen molar-refractivity contribution in [3.8, 4) is 22.3 Å². The van der Waals surface area contributed by atoms with Gasteiger partial charge in [0.1, 0.15) is 0 Å². The molecular formula is C57H48N2. The van der Waals surface area contributed by atoms with Gasteiger partial charge in [-0.3, -0.25) is 0 Å². The number of aryl methyl sites for hydroxylation is 1. The third kappa shape index (κ3) is 6.28. The Balaban J connectivity index is 0.984. The molecule has 0 radical (unpaired) electrons. The number of benzene rings is 8. The molecule has 286 valence electrons. The van der Waals surface area contributed by atoms with Gasteiger partial charge in [0.2, 0.25) is 0 Å². The van der Waals surface area contributed by atoms with E-state index in [2.05, 4.69) is 245 Å². The summed E-state index contributed by atoms with van der Waals surface area (Å²) in [6.45, 7) is 11.6. The van der Waals surface area contributed by atoms with E-state index in [4.69, 9.17) is 0 Å². The minimum atomic E-state index is -0.0947. The highest BCUT2D eigenvalue weighted by Gasteiger charge is 2.37. The van der Waals surface area contributed by atoms with Crippen molar-refractivity contribution >= 4 is 46.3 Å². The SMILES string of the molecule is Cc1ccc(N(c2ccccc2)c2ccc(C=Cc3ccc(N(c4ccc5c(c4)C(C)(C)c4ccccc4-5)c4ccc5c(c4)C(C)(C)c4ccccc4-5)cc3)cc2)cc1. The third-order valence-corrected chi connectivity index (χ3v) is 12.7. The number of hydrogen-bond donors (Lipinski definition) is 0. The van der Waals surface area contributed by atoms with Crippen molar-refractivity contribution in [2.24, 2.45) is 0 Å². The van der Waals surface area contributed by atoms with Crippen molar-refractivity contribution in [1.29, 1.82) is 0 Å². The van der Waals surface area contributed by atoms with Crippen LogP contribution >= 0.6 is 0 Å². The highest BCUT2D eigenvalue weighted by Crippen LogP contribution is 2.53. The van der Waals surface area contributed by atoms with Gasteiger partial charge in [-0.15, -0.1) is 0 Å². The molecule has 0 spiro atoms. The Labute approximate surface area is 349 Å². The molecule has 10 rings (SSSR count). The van der Waals surface area contributed by atoms with Crippen LogP contribution in [-0.4, -0.2) is 0 Å². The van der Waals surface area contributed by atoms with Crippen molar-refractivity contribution < 1.29 is 0 Å². The first-order chi connectivity index (χ1) is 28.7. The lowest BCUT2D eigenvalue weighted by Crippen LogP contribution is -2.18. The molecule has 2 nitrogen and oxygen atoms in total. The zero-order valence-corrected chi connectivity index (χ0v) is 34.4. The zero-order chi connectivity index (χ0) is 40.3. The first-order valence-electron chi connectivity index (χ1n) is 20.8. The van der Waals surface area contributed by atoms with E-state index in [0.717, 1.165) is 45.3 Å². The van der Waals surface area contributed by atoms with Crippen molar-refractivity contribution in [2.45, 2.75) is 45.4 Å². The summed E-state index contributed by atoms with van der Waals surface area (Å²) in [6.07, 6.45) is 4.41. The van der Waals surface area contributed by atoms with E-state index in [0.29, 0.717) is 0 Å². The molecule has 2 aliphatic rings. The second-order valence-electron chi connectivity index (χ2n) is 17.2. The van der Waals surface area contributed by atoms with Crippen LogP contribution in [0.5, 0.6) is 0 Å². The normalized spacial score (nSPS) is 14.1. The number of hydrogen-bond acceptors (Lipinski definition) is 2. The summed E-state index contributed by atoms with van der Waals surface area (Å²) >= 11 is 0. The van der Waals surface area contributed by atoms with Crippen LogP contribution < -0.4 is 9.80 Å². The van der Waals surface area contributed by atoms with E-state index >= 15 is 0 Å². The molecule has 8 aromatic carbocycles. The fourth-order valence-electron chi connectivity index (χ4n) is 9.49. The molecular weight excluding hydrogens is 713 g/mol. The Morgan fingerprint density at radius 2 is 0.661 bits per heavy atom. The molecule has 0 unspecified atom stereocenters. The van der Waals surface area contributed by atoms with Crippen LogP contribution in [0.4, 0.5) is 34.1 Å². The second kappa shape index (κ2) is 14.2. The fraction of sp³-hybridized carbons (Fsp3) is 0.123. The second-order valence-corrected chi connectivity index (χ2v) is 17.2. The quantitative estimate of drug-likeness (QED) is 0.142. The van der Waals surface area contributed by atoms with Crippen molar-refractivity contribution in [3.05, 3.63) is 227 Å². The van der Waals surface area contributed by atoms with Gasteiger partial charge in [0.15, 0.2) is 0 Å². The monoisotopic (exact) mass is 760 g/mol. The van der Waals surface area contributed by atoms with Gasteiger partial charge in [-0.2, -0.15) is 0 Å². The van der Waals surface area contributed by atoms with E-state index in [1.54, 1.807) is 0 Å². The molecule has 59 heavy (non-hydrogen) atoms. The summed E-state index contributed by atoms with van der Waals surface area (Å²) in [5, 5.41) is 0. The van der Waals surface area contributed by atoms with Crippen LogP contribution in [-0.2, 0) is 10.8 Å². The van der Waals surface area contributed by atoms with Gasteiger partial charge in [0, 0.05) is 45.0 Å². The predicted octanol–water partition coefficient (Wildman–Crippen LogP) is 15.7. The molecule has 0 amide bonds. The minimum absolute atomic E-state index is 0.0947. The summed E-state index contributed by atoms with van der Waals surface area (Å²) < 4.78 is 0. The van der Waals surface area contributed by atoms with E-state index in [-0.39, 0.29) is 10.8 Å². The molecule has 2 heteroatoms. The zero-order valence-electron chi connectivity index (χ0n) is 34.4. The first-order valence-corrected chi connectivity index (χ1v) is 20.8. The maximum atomic E-state index is 2.44. The predicted molar refractivity (Wildman–Crippen MR) is 251 cm³/mol. The lowest BCUT2D eigenvalue weighted by atomic mass is 9.82. The molecule has 0 aromatic heterocycles. The van der Waals surface area contributed by atoms with Crippen molar-refractivity contribution in [2.75, 3.05) is 9.80 Å². The Morgan fingerprint density at radius 3 is 1.12 bits per heavy atom. The van der Waals surface area contributed by atoms with E-state index < -0.39 is 0 Å². The summed E-state index contributed by atoms with van der Waals surface area (Å²) in [7, 11) is 0. The van der Waals surface area contributed by atoms with Crippen LogP contribution in [0.25, 0.3) is 34.4 Å². The highest BCUT2D eigenvalue weighted by atomic mass is 15.1. The Morgan fingerprint density at radius 1 is 0.322 bits per heavy atom. The molecule has 2 aliphatic carbocycles. The minimum Gasteiger partial charge on any atom is -0.311 e. The van der Waals surface area contributed by atoms with Crippen LogP contribution in [0.2, 0.25) is 0 Å². The molecule has 0 aliphatic heterocycles. The third-order valence-electron chi connectivity index (χ3n) is 12.7. The van der Waals surface area contributed by atoms with Gasteiger partial charge in [0.25, 0.3) is 0 Å². The maximum Gasteiger partial charge on any atom is 0.0465 e. The van der Waals surface area contributed by atoms with E-state index in [1.165, 1.54) is 50.1 Å². The average molecular weight is 761 g/mol. The molecule has 0 saturated carbocycles. The lowest BCUT2D eigenvalue weighted by Gasteiger charge is -2.29. The van der Waals surface area contributed by atoms with Crippen LogP contribution in [0.3, 0.4) is 0 Å². The molecule has 0 N–H and O–H groups in total. The van der Waals surface area contributed by atoms with Crippen LogP contribution in [0.15, 0.2) is 188 Å². The van der Waals surface area contributed by atoms with Gasteiger partial charge in [-0.25, -0.2) is 0 Å². The summed E-state index contributed by atoms with van der Waals surface area (Å²) in [6, 6.07) is 69.0. The van der Waals surface area contributed by atoms with E-state index in [9.17, 15) is 0 Å². The Hall–Kier alpha value is -6.90. The molecule has 0 heterocycles. The van der Waals surface area contributed by atoms with Crippen molar-refractivity contribution in [1.82, 2.24) is 0 Å². The summed E-state index contributed by atoms with van der Waals surface area (Å²) in [5.74, 6) is 0. The van der Waals surface area contributed by atoms with Gasteiger partial charge in [0.05, 0.1) is 0 Å². The summed E-state index contributed by atoms with van der Waals surface area (Å²) in [4.78, 5) is 4.75. The molecule has 0 fully saturated rings. The number of rotatable bonds is 8. The van der Waals surface area contributed by atoms with Crippen molar-refractivity contribution in [3.63, 3.8) is 0 Å². The van der Waals surface area contributed by atoms with Gasteiger partial charge >= 0.3 is 0 Å². The number of anilines is 6. The van der Waals surface area contributed by atoms with Gasteiger partial charge in [-0.1, -0.05) is 161 Å². The fourth-order valence-corrected chi connectivity index (χ4v) is 9.49. The van der Waals surface area contributed by atoms with E-state index in [1.807, 2.05) is 0 Å². The molecule has 0 bridgehead atoms. The standard InChI is InChI=1S/C57H48N2/c1-39-19-27-43(28-20-39)58(42-13-7-6-8-14-42)44-29-23-40(24-30-44)21-22-41-25-31-45(32-26-41)59(46-33-35-50-48-15-9-11-17-52(48)56(2,3)54(50)37-46)47-34-36-51-49-16-10-12-18-53(49)57(4,5)55(51)38-47/h6-38H,1-5H3. The average Bonchev–Trinajstić information content (AvgIpc) is 3.64. The number of fused-ring (bicyclic) bond motifs is 6. The van der Waals surface area contributed by atoms with Crippen LogP contribution in [0.1, 0.15) is 66.6 Å². The van der Waals surface area contributed by atoms with Crippen LogP contribution in [0, 0.1) is 6.92 Å². The molecule has 0 saturated heterocycles. The Bertz CT molecular complexity index is 2750. The smallest absolute Gasteiger partial charge is 0.0465 e. The molecule has 8 aromatic rings. The lowest BCUT2D eigenvalue weighted by molar-refractivity contribution is 0.660. The number of para-hydroxylation sites is 1.